The van der Waals surface area contributed by atoms with Crippen LogP contribution in [0.15, 0.2) is 48.5 Å². The monoisotopic (exact) mass is 506 g/mol. The number of benzene rings is 2. The molecule has 2 N–H and O–H groups in total. The zero-order valence-corrected chi connectivity index (χ0v) is 23.0. The molecule has 0 aromatic heterocycles. The molecule has 2 aliphatic rings. The minimum Gasteiger partial charge on any atom is -0.480 e. The molecule has 4 rings (SSSR count). The topological polar surface area (TPSA) is 78.9 Å². The molecule has 6 nitrogen and oxygen atoms in total. The van der Waals surface area contributed by atoms with Crippen molar-refractivity contribution < 1.29 is 19.4 Å². The fourth-order valence-corrected chi connectivity index (χ4v) is 6.31. The largest absolute Gasteiger partial charge is 0.480 e. The van der Waals surface area contributed by atoms with Gasteiger partial charge in [-0.2, -0.15) is 0 Å². The Balaban J connectivity index is 1.94. The van der Waals surface area contributed by atoms with Crippen LogP contribution in [-0.4, -0.2) is 46.7 Å². The molecule has 2 aromatic carbocycles. The van der Waals surface area contributed by atoms with E-state index in [0.29, 0.717) is 13.0 Å². The molecule has 1 amide bonds. The van der Waals surface area contributed by atoms with E-state index in [4.69, 9.17) is 4.74 Å². The van der Waals surface area contributed by atoms with Gasteiger partial charge in [0.25, 0.3) is 5.91 Å². The number of carbonyl (C=O) groups excluding carboxylic acids is 1. The number of likely N-dealkylation sites (tertiary alicyclic amines) is 1. The molecule has 2 aromatic rings. The zero-order chi connectivity index (χ0) is 26.9. The molecule has 2 aliphatic heterocycles. The van der Waals surface area contributed by atoms with Crippen LogP contribution in [0.3, 0.4) is 0 Å². The van der Waals surface area contributed by atoms with E-state index >= 15 is 0 Å². The van der Waals surface area contributed by atoms with E-state index in [-0.39, 0.29) is 23.8 Å². The Hall–Kier alpha value is -2.86. The second kappa shape index (κ2) is 10.9. The second-order valence-corrected chi connectivity index (χ2v) is 12.0. The first kappa shape index (κ1) is 27.2. The maximum absolute atomic E-state index is 14.2. The minimum absolute atomic E-state index is 0.209. The number of nitrogens with one attached hydrogen (secondary N) is 1. The predicted molar refractivity (Wildman–Crippen MR) is 147 cm³/mol. The summed E-state index contributed by atoms with van der Waals surface area (Å²) in [5.74, 6) is -1.30. The molecule has 2 heterocycles. The number of carbonyl (C=O) groups is 2. The summed E-state index contributed by atoms with van der Waals surface area (Å²) in [7, 11) is 0. The van der Waals surface area contributed by atoms with Crippen LogP contribution in [0.1, 0.15) is 82.5 Å². The Morgan fingerprint density at radius 2 is 1.73 bits per heavy atom. The van der Waals surface area contributed by atoms with Crippen molar-refractivity contribution in [2.75, 3.05) is 11.9 Å². The quantitative estimate of drug-likeness (QED) is 0.490. The molecule has 2 saturated heterocycles. The Morgan fingerprint density at radius 1 is 1.05 bits per heavy atom. The smallest absolute Gasteiger partial charge is 0.326 e. The Bertz CT molecular complexity index is 1120. The molecule has 0 radical (unpaired) electrons. The maximum Gasteiger partial charge on any atom is 0.326 e. The average molecular weight is 507 g/mol. The number of para-hydroxylation sites is 1. The number of rotatable bonds is 6. The number of amides is 1. The molecule has 0 bridgehead atoms. The van der Waals surface area contributed by atoms with Gasteiger partial charge >= 0.3 is 5.97 Å². The van der Waals surface area contributed by atoms with Gasteiger partial charge in [0.2, 0.25) is 0 Å². The van der Waals surface area contributed by atoms with Crippen LogP contribution >= 0.6 is 0 Å². The summed E-state index contributed by atoms with van der Waals surface area (Å²) >= 11 is 0. The highest BCUT2D eigenvalue weighted by atomic mass is 16.5. The first-order valence-electron chi connectivity index (χ1n) is 13.6. The van der Waals surface area contributed by atoms with Crippen molar-refractivity contribution >= 4 is 17.6 Å². The lowest BCUT2D eigenvalue weighted by Gasteiger charge is -2.36. The van der Waals surface area contributed by atoms with Gasteiger partial charge < -0.3 is 20.1 Å². The second-order valence-electron chi connectivity index (χ2n) is 12.0. The fourth-order valence-electron chi connectivity index (χ4n) is 6.31. The summed E-state index contributed by atoms with van der Waals surface area (Å²) in [5.41, 5.74) is 3.78. The highest BCUT2D eigenvalue weighted by molar-refractivity contribution is 5.88. The van der Waals surface area contributed by atoms with Gasteiger partial charge in [-0.1, -0.05) is 77.1 Å². The number of hydrogen-bond acceptors (Lipinski definition) is 4. The van der Waals surface area contributed by atoms with E-state index < -0.39 is 29.6 Å². The van der Waals surface area contributed by atoms with Crippen LogP contribution < -0.4 is 5.32 Å². The van der Waals surface area contributed by atoms with E-state index in [1.54, 1.807) is 4.90 Å². The molecule has 0 saturated carbocycles. The van der Waals surface area contributed by atoms with Crippen LogP contribution in [-0.2, 0) is 14.3 Å². The molecule has 0 spiro atoms. The number of aryl methyl sites for hydroxylation is 1. The van der Waals surface area contributed by atoms with Gasteiger partial charge in [0.1, 0.15) is 12.1 Å². The third-order valence-electron chi connectivity index (χ3n) is 8.03. The number of nitrogens with zero attached hydrogens (tertiary/aromatic N) is 1. The van der Waals surface area contributed by atoms with Crippen molar-refractivity contribution in [3.8, 4) is 0 Å². The van der Waals surface area contributed by atoms with E-state index in [9.17, 15) is 14.7 Å². The first-order valence-corrected chi connectivity index (χ1v) is 13.6. The van der Waals surface area contributed by atoms with Gasteiger partial charge in [0, 0.05) is 18.2 Å². The third kappa shape index (κ3) is 5.40. The Morgan fingerprint density at radius 3 is 2.32 bits per heavy atom. The van der Waals surface area contributed by atoms with E-state index in [1.807, 2.05) is 43.3 Å². The van der Waals surface area contributed by atoms with Crippen molar-refractivity contribution in [2.45, 2.75) is 91.0 Å². The number of ether oxygens (including phenoxy) is 1. The number of carboxylic acid groups (broad SMARTS) is 1. The number of aliphatic carboxylic acids is 1. The van der Waals surface area contributed by atoms with E-state index in [2.05, 4.69) is 52.1 Å². The minimum atomic E-state index is -0.982. The zero-order valence-electron chi connectivity index (χ0n) is 23.0. The molecule has 6 heteroatoms. The summed E-state index contributed by atoms with van der Waals surface area (Å²) < 4.78 is 5.93. The van der Waals surface area contributed by atoms with Crippen LogP contribution in [0.25, 0.3) is 0 Å². The van der Waals surface area contributed by atoms with Crippen molar-refractivity contribution in [1.82, 2.24) is 4.90 Å². The van der Waals surface area contributed by atoms with Crippen molar-refractivity contribution in [2.24, 2.45) is 11.3 Å². The highest BCUT2D eigenvalue weighted by Crippen LogP contribution is 2.51. The standard InChI is InChI=1S/C31H42N2O4/c1-19(2)21-14-8-9-15-22(21)27-26(32-23-16-10-7-13-20(23)3)25(31(4,5)6)28(30(35)36)33(27)29(34)24-17-11-12-18-37-24/h7-10,13-16,19,24-28,32H,11-12,17-18H2,1-6H3,(H,35,36)/t24-,25-,26-,27-,28-/m0/s1. The summed E-state index contributed by atoms with van der Waals surface area (Å²) in [6, 6.07) is 14.5. The Kier molecular flexibility index (Phi) is 7.98. The Labute approximate surface area is 221 Å². The van der Waals surface area contributed by atoms with E-state index in [0.717, 1.165) is 35.2 Å². The van der Waals surface area contributed by atoms with Crippen LogP contribution in [0.4, 0.5) is 5.69 Å². The summed E-state index contributed by atoms with van der Waals surface area (Å²) in [5, 5.41) is 14.4. The van der Waals surface area contributed by atoms with Gasteiger partial charge in [-0.15, -0.1) is 0 Å². The fraction of sp³-hybridized carbons (Fsp3) is 0.548. The van der Waals surface area contributed by atoms with Crippen molar-refractivity contribution in [3.63, 3.8) is 0 Å². The number of hydrogen-bond donors (Lipinski definition) is 2. The average Bonchev–Trinajstić information content (AvgIpc) is 3.21. The summed E-state index contributed by atoms with van der Waals surface area (Å²) in [4.78, 5) is 29.0. The van der Waals surface area contributed by atoms with Crippen LogP contribution in [0, 0.1) is 18.3 Å². The highest BCUT2D eigenvalue weighted by Gasteiger charge is 2.59. The van der Waals surface area contributed by atoms with Gasteiger partial charge in [0.15, 0.2) is 0 Å². The lowest BCUT2D eigenvalue weighted by Crippen LogP contribution is -2.51. The van der Waals surface area contributed by atoms with Crippen LogP contribution in [0.5, 0.6) is 0 Å². The van der Waals surface area contributed by atoms with E-state index in [1.165, 1.54) is 0 Å². The van der Waals surface area contributed by atoms with Gasteiger partial charge in [-0.05, 0) is 60.3 Å². The third-order valence-corrected chi connectivity index (χ3v) is 8.03. The number of anilines is 1. The summed E-state index contributed by atoms with van der Waals surface area (Å²) in [6.07, 6.45) is 1.84. The van der Waals surface area contributed by atoms with Gasteiger partial charge in [0.05, 0.1) is 12.1 Å². The molecular weight excluding hydrogens is 464 g/mol. The van der Waals surface area contributed by atoms with Gasteiger partial charge in [-0.25, -0.2) is 4.79 Å². The van der Waals surface area contributed by atoms with Crippen LogP contribution in [0.2, 0.25) is 0 Å². The van der Waals surface area contributed by atoms with Crippen molar-refractivity contribution in [3.05, 3.63) is 65.2 Å². The molecule has 200 valence electrons. The SMILES string of the molecule is Cc1ccccc1N[C@H]1[C@H](C(C)(C)C)[C@@H](C(=O)O)N(C(=O)[C@@H]2CCCCO2)[C@H]1c1ccccc1C(C)C. The molecular formula is C31H42N2O4. The maximum atomic E-state index is 14.2. The lowest BCUT2D eigenvalue weighted by atomic mass is 9.72. The van der Waals surface area contributed by atoms with Gasteiger partial charge in [-0.3, -0.25) is 4.79 Å². The number of carboxylic acids is 1. The normalized spacial score (nSPS) is 26.4. The molecule has 5 atom stereocenters. The molecule has 2 fully saturated rings. The molecule has 0 unspecified atom stereocenters. The first-order chi connectivity index (χ1) is 17.5. The molecule has 37 heavy (non-hydrogen) atoms. The lowest BCUT2D eigenvalue weighted by molar-refractivity contribution is -0.159. The van der Waals surface area contributed by atoms with Crippen molar-refractivity contribution in [1.29, 1.82) is 0 Å². The molecule has 0 aliphatic carbocycles. The predicted octanol–water partition coefficient (Wildman–Crippen LogP) is 6.17. The summed E-state index contributed by atoms with van der Waals surface area (Å²) in [6.45, 7) is 13.1.